The topological polar surface area (TPSA) is 32.3 Å². The van der Waals surface area contributed by atoms with Gasteiger partial charge in [0.25, 0.3) is 0 Å². The van der Waals surface area contributed by atoms with E-state index in [4.69, 9.17) is 0 Å². The maximum atomic E-state index is 12.4. The van der Waals surface area contributed by atoms with Gasteiger partial charge in [-0.3, -0.25) is 4.79 Å². The molecule has 2 fully saturated rings. The Morgan fingerprint density at radius 2 is 2.11 bits per heavy atom. The van der Waals surface area contributed by atoms with E-state index in [1.54, 1.807) is 0 Å². The molecule has 1 N–H and O–H groups in total. The van der Waals surface area contributed by atoms with Crippen molar-refractivity contribution < 1.29 is 4.79 Å². The lowest BCUT2D eigenvalue weighted by molar-refractivity contribution is -0.135. The lowest BCUT2D eigenvalue weighted by Crippen LogP contribution is -2.44. The smallest absolute Gasteiger partial charge is 0.226 e. The quantitative estimate of drug-likeness (QED) is 0.832. The number of nitrogens with one attached hydrogen (secondary N) is 1. The summed E-state index contributed by atoms with van der Waals surface area (Å²) in [6.07, 6.45) is 3.51. The Labute approximate surface area is 111 Å². The van der Waals surface area contributed by atoms with E-state index in [1.165, 1.54) is 12.8 Å². The van der Waals surface area contributed by atoms with Crippen molar-refractivity contribution in [1.29, 1.82) is 0 Å². The summed E-state index contributed by atoms with van der Waals surface area (Å²) in [7, 11) is 0. The Morgan fingerprint density at radius 1 is 1.44 bits per heavy atom. The molecule has 0 aromatic heterocycles. The van der Waals surface area contributed by atoms with Gasteiger partial charge in [-0.15, -0.1) is 0 Å². The fourth-order valence-corrected chi connectivity index (χ4v) is 2.94. The van der Waals surface area contributed by atoms with E-state index in [1.807, 2.05) is 0 Å². The highest BCUT2D eigenvalue weighted by molar-refractivity contribution is 5.82. The molecule has 0 spiro atoms. The maximum Gasteiger partial charge on any atom is 0.226 e. The molecule has 1 saturated carbocycles. The van der Waals surface area contributed by atoms with Crippen LogP contribution in [0.4, 0.5) is 0 Å². The first kappa shape index (κ1) is 13.9. The van der Waals surface area contributed by atoms with Crippen molar-refractivity contribution >= 4 is 5.91 Å². The van der Waals surface area contributed by atoms with Gasteiger partial charge >= 0.3 is 0 Å². The Kier molecular flexibility index (Phi) is 4.00. The summed E-state index contributed by atoms with van der Waals surface area (Å²) in [5.74, 6) is 1.36. The summed E-state index contributed by atoms with van der Waals surface area (Å²) < 4.78 is 0. The van der Waals surface area contributed by atoms with Crippen LogP contribution in [0.5, 0.6) is 0 Å². The molecule has 1 aliphatic carbocycles. The number of piperidine rings is 1. The first-order valence-electron chi connectivity index (χ1n) is 7.42. The number of carbonyl (C=O) groups is 1. The van der Waals surface area contributed by atoms with E-state index in [-0.39, 0.29) is 5.41 Å². The molecule has 3 nitrogen and oxygen atoms in total. The fourth-order valence-electron chi connectivity index (χ4n) is 2.94. The summed E-state index contributed by atoms with van der Waals surface area (Å²) in [6, 6.07) is 0.540. The summed E-state index contributed by atoms with van der Waals surface area (Å²) in [5, 5.41) is 3.50. The number of rotatable bonds is 4. The predicted octanol–water partition coefficient (Wildman–Crippen LogP) is 2.27. The van der Waals surface area contributed by atoms with Gasteiger partial charge in [0.1, 0.15) is 0 Å². The van der Waals surface area contributed by atoms with Crippen molar-refractivity contribution in [1.82, 2.24) is 10.2 Å². The molecule has 18 heavy (non-hydrogen) atoms. The number of nitrogens with zero attached hydrogens (tertiary/aromatic N) is 1. The zero-order chi connectivity index (χ0) is 13.3. The normalized spacial score (nSPS) is 30.6. The van der Waals surface area contributed by atoms with Crippen LogP contribution in [-0.2, 0) is 4.79 Å². The molecule has 0 radical (unpaired) electrons. The van der Waals surface area contributed by atoms with E-state index in [0.717, 1.165) is 26.1 Å². The Balaban J connectivity index is 1.81. The molecular weight excluding hydrogens is 224 g/mol. The van der Waals surface area contributed by atoms with Crippen molar-refractivity contribution in [2.24, 2.45) is 17.3 Å². The average molecular weight is 252 g/mol. The lowest BCUT2D eigenvalue weighted by Gasteiger charge is -2.33. The Bertz CT molecular complexity index is 312. The molecule has 2 atom stereocenters. The van der Waals surface area contributed by atoms with E-state index in [9.17, 15) is 4.79 Å². The highest BCUT2D eigenvalue weighted by atomic mass is 16.2. The molecular formula is C15H28N2O. The second-order valence-corrected chi connectivity index (χ2v) is 7.10. The van der Waals surface area contributed by atoms with Crippen molar-refractivity contribution in [2.45, 2.75) is 53.0 Å². The number of amides is 1. The van der Waals surface area contributed by atoms with Crippen molar-refractivity contribution in [3.63, 3.8) is 0 Å². The summed E-state index contributed by atoms with van der Waals surface area (Å²) in [4.78, 5) is 14.5. The van der Waals surface area contributed by atoms with Crippen LogP contribution in [0, 0.1) is 17.3 Å². The van der Waals surface area contributed by atoms with Crippen LogP contribution in [0.15, 0.2) is 0 Å². The minimum Gasteiger partial charge on any atom is -0.342 e. The van der Waals surface area contributed by atoms with Gasteiger partial charge in [0, 0.05) is 25.0 Å². The summed E-state index contributed by atoms with van der Waals surface area (Å²) in [6.45, 7) is 11.8. The number of hydrogen-bond donors (Lipinski definition) is 1. The molecule has 1 aliphatic heterocycles. The molecule has 1 heterocycles. The van der Waals surface area contributed by atoms with Gasteiger partial charge in [0.2, 0.25) is 5.91 Å². The maximum absolute atomic E-state index is 12.4. The Morgan fingerprint density at radius 3 is 2.67 bits per heavy atom. The van der Waals surface area contributed by atoms with Gasteiger partial charge in [0.15, 0.2) is 0 Å². The van der Waals surface area contributed by atoms with E-state index < -0.39 is 0 Å². The van der Waals surface area contributed by atoms with Gasteiger partial charge in [0.05, 0.1) is 0 Å². The molecule has 0 aromatic rings. The first-order valence-corrected chi connectivity index (χ1v) is 7.42. The molecule has 2 aliphatic rings. The van der Waals surface area contributed by atoms with E-state index in [0.29, 0.717) is 23.8 Å². The monoisotopic (exact) mass is 252 g/mol. The highest BCUT2D eigenvalue weighted by Gasteiger charge is 2.52. The minimum atomic E-state index is 0.264. The zero-order valence-electron chi connectivity index (χ0n) is 12.3. The van der Waals surface area contributed by atoms with Crippen LogP contribution in [0.2, 0.25) is 0 Å². The Hall–Kier alpha value is -0.570. The average Bonchev–Trinajstić information content (AvgIpc) is 2.95. The minimum absolute atomic E-state index is 0.264. The van der Waals surface area contributed by atoms with Crippen molar-refractivity contribution in [3.8, 4) is 0 Å². The molecule has 2 unspecified atom stereocenters. The first-order chi connectivity index (χ1) is 8.40. The third-order valence-corrected chi connectivity index (χ3v) is 4.46. The SMILES string of the molecule is CC(C)NCC1CCCN(C(=O)C2CC2(C)C)C1. The fraction of sp³-hybridized carbons (Fsp3) is 0.933. The molecule has 1 amide bonds. The van der Waals surface area contributed by atoms with E-state index in [2.05, 4.69) is 37.9 Å². The molecule has 0 aromatic carbocycles. The molecule has 0 bridgehead atoms. The predicted molar refractivity (Wildman–Crippen MR) is 74.3 cm³/mol. The summed E-state index contributed by atoms with van der Waals surface area (Å²) >= 11 is 0. The van der Waals surface area contributed by atoms with Crippen molar-refractivity contribution in [3.05, 3.63) is 0 Å². The van der Waals surface area contributed by atoms with Crippen LogP contribution >= 0.6 is 0 Å². The largest absolute Gasteiger partial charge is 0.342 e. The van der Waals surface area contributed by atoms with Gasteiger partial charge in [-0.25, -0.2) is 0 Å². The second kappa shape index (κ2) is 5.20. The standard InChI is InChI=1S/C15H28N2O/c1-11(2)16-9-12-6-5-7-17(10-12)14(18)13-8-15(13,3)4/h11-13,16H,5-10H2,1-4H3. The van der Waals surface area contributed by atoms with Crippen LogP contribution in [0.25, 0.3) is 0 Å². The van der Waals surface area contributed by atoms with Crippen molar-refractivity contribution in [2.75, 3.05) is 19.6 Å². The zero-order valence-corrected chi connectivity index (χ0v) is 12.3. The van der Waals surface area contributed by atoms with Gasteiger partial charge in [-0.05, 0) is 37.1 Å². The summed E-state index contributed by atoms with van der Waals surface area (Å²) in [5.41, 5.74) is 0.264. The van der Waals surface area contributed by atoms with E-state index >= 15 is 0 Å². The third kappa shape index (κ3) is 3.25. The molecule has 1 saturated heterocycles. The van der Waals surface area contributed by atoms with Crippen LogP contribution < -0.4 is 5.32 Å². The molecule has 3 heteroatoms. The van der Waals surface area contributed by atoms with Crippen LogP contribution in [-0.4, -0.2) is 36.5 Å². The molecule has 2 rings (SSSR count). The van der Waals surface area contributed by atoms with Crippen LogP contribution in [0.3, 0.4) is 0 Å². The second-order valence-electron chi connectivity index (χ2n) is 7.10. The van der Waals surface area contributed by atoms with Gasteiger partial charge in [-0.2, -0.15) is 0 Å². The van der Waals surface area contributed by atoms with Crippen LogP contribution in [0.1, 0.15) is 47.0 Å². The highest BCUT2D eigenvalue weighted by Crippen LogP contribution is 2.52. The van der Waals surface area contributed by atoms with Gasteiger partial charge < -0.3 is 10.2 Å². The van der Waals surface area contributed by atoms with Gasteiger partial charge in [-0.1, -0.05) is 27.7 Å². The number of carbonyl (C=O) groups excluding carboxylic acids is 1. The third-order valence-electron chi connectivity index (χ3n) is 4.46. The number of hydrogen-bond acceptors (Lipinski definition) is 2. The lowest BCUT2D eigenvalue weighted by atomic mass is 9.97. The number of likely N-dealkylation sites (tertiary alicyclic amines) is 1. The molecule has 104 valence electrons.